The summed E-state index contributed by atoms with van der Waals surface area (Å²) in [7, 11) is 0. The number of unbranched alkanes of at least 4 members (excludes halogenated alkanes) is 34. The lowest BCUT2D eigenvalue weighted by molar-refractivity contribution is -0.125. The molecule has 1 amide bonds. The quantitative estimate of drug-likeness (QED) is 0.0367. The Labute approximate surface area is 338 Å². The maximum atomic E-state index is 12.5. The van der Waals surface area contributed by atoms with Crippen molar-refractivity contribution < 1.29 is 20.1 Å². The van der Waals surface area contributed by atoms with Gasteiger partial charge in [0, 0.05) is 0 Å². The maximum absolute atomic E-state index is 12.5. The summed E-state index contributed by atoms with van der Waals surface area (Å²) in [5, 5.41) is 33.5. The van der Waals surface area contributed by atoms with Crippen molar-refractivity contribution in [3.63, 3.8) is 0 Å². The van der Waals surface area contributed by atoms with Crippen molar-refractivity contribution >= 4 is 5.91 Å². The molecule has 54 heavy (non-hydrogen) atoms. The van der Waals surface area contributed by atoms with Crippen LogP contribution in [0.1, 0.15) is 271 Å². The fourth-order valence-corrected chi connectivity index (χ4v) is 7.81. The molecule has 0 aliphatic rings. The summed E-state index contributed by atoms with van der Waals surface area (Å²) >= 11 is 0. The number of hydrogen-bond donors (Lipinski definition) is 4. The normalized spacial score (nSPS) is 13.5. The second-order valence-corrected chi connectivity index (χ2v) is 17.1. The molecule has 0 aliphatic heterocycles. The van der Waals surface area contributed by atoms with Crippen molar-refractivity contribution in [2.75, 3.05) is 6.61 Å². The molecule has 0 saturated heterocycles. The monoisotopic (exact) mass is 764 g/mol. The highest BCUT2D eigenvalue weighted by atomic mass is 16.3. The lowest BCUT2D eigenvalue weighted by Gasteiger charge is -2.23. The smallest absolute Gasteiger partial charge is 0.222 e. The van der Waals surface area contributed by atoms with E-state index in [2.05, 4.69) is 31.3 Å². The van der Waals surface area contributed by atoms with Crippen LogP contribution >= 0.6 is 0 Å². The molecular weight excluding hydrogens is 667 g/mol. The van der Waals surface area contributed by atoms with Gasteiger partial charge < -0.3 is 20.6 Å². The third-order valence-electron chi connectivity index (χ3n) is 11.6. The van der Waals surface area contributed by atoms with Gasteiger partial charge in [-0.2, -0.15) is 0 Å². The van der Waals surface area contributed by atoms with Gasteiger partial charge in [-0.25, -0.2) is 0 Å². The summed E-state index contributed by atoms with van der Waals surface area (Å²) in [6.45, 7) is 4.28. The second-order valence-electron chi connectivity index (χ2n) is 17.1. The van der Waals surface area contributed by atoms with E-state index in [0.717, 1.165) is 25.7 Å². The number of carbonyl (C=O) groups excluding carboxylic acids is 1. The molecule has 0 rings (SSSR count). The molecule has 3 atom stereocenters. The summed E-state index contributed by atoms with van der Waals surface area (Å²) in [5.74, 6) is -0.281. The zero-order valence-corrected chi connectivity index (χ0v) is 36.6. The zero-order valence-electron chi connectivity index (χ0n) is 36.6. The van der Waals surface area contributed by atoms with E-state index in [1.54, 1.807) is 0 Å². The van der Waals surface area contributed by atoms with Crippen molar-refractivity contribution in [1.29, 1.82) is 0 Å². The Hall–Kier alpha value is -0.910. The summed E-state index contributed by atoms with van der Waals surface area (Å²) in [4.78, 5) is 12.5. The van der Waals surface area contributed by atoms with Crippen molar-refractivity contribution in [3.05, 3.63) is 12.2 Å². The molecule has 0 aromatic heterocycles. The van der Waals surface area contributed by atoms with Crippen LogP contribution in [0.5, 0.6) is 0 Å². The number of allylic oxidation sites excluding steroid dienone is 2. The van der Waals surface area contributed by atoms with Gasteiger partial charge in [0.25, 0.3) is 0 Å². The molecule has 322 valence electrons. The molecule has 0 aromatic rings. The van der Waals surface area contributed by atoms with Gasteiger partial charge in [-0.15, -0.1) is 0 Å². The average Bonchev–Trinajstić information content (AvgIpc) is 3.16. The summed E-state index contributed by atoms with van der Waals surface area (Å²) < 4.78 is 0. The predicted molar refractivity (Wildman–Crippen MR) is 236 cm³/mol. The third-order valence-corrected chi connectivity index (χ3v) is 11.6. The van der Waals surface area contributed by atoms with Crippen LogP contribution in [-0.2, 0) is 4.79 Å². The lowest BCUT2D eigenvalue weighted by Crippen LogP contribution is -2.46. The molecule has 0 saturated carbocycles. The Morgan fingerprint density at radius 1 is 0.444 bits per heavy atom. The molecule has 0 fully saturated rings. The Kier molecular flexibility index (Phi) is 44.0. The molecule has 5 heteroatoms. The molecule has 4 N–H and O–H groups in total. The highest BCUT2D eigenvalue weighted by molar-refractivity contribution is 5.76. The molecule has 0 bridgehead atoms. The topological polar surface area (TPSA) is 89.8 Å². The average molecular weight is 764 g/mol. The summed E-state index contributed by atoms with van der Waals surface area (Å²) in [6.07, 6.45) is 53.4. The minimum Gasteiger partial charge on any atom is -0.394 e. The molecule has 0 spiro atoms. The van der Waals surface area contributed by atoms with Crippen LogP contribution in [0.25, 0.3) is 0 Å². The minimum absolute atomic E-state index is 0.0377. The minimum atomic E-state index is -0.747. The van der Waals surface area contributed by atoms with Gasteiger partial charge in [0.05, 0.1) is 31.3 Å². The number of carbonyl (C=O) groups is 1. The maximum Gasteiger partial charge on any atom is 0.222 e. The number of aliphatic hydroxyl groups excluding tert-OH is 3. The molecule has 0 aliphatic carbocycles. The van der Waals surface area contributed by atoms with Gasteiger partial charge in [-0.05, 0) is 38.5 Å². The summed E-state index contributed by atoms with van der Waals surface area (Å²) in [6, 6.07) is -0.656. The standard InChI is InChI=1S/C49H97NO4/c1-3-5-7-9-11-13-15-17-19-20-21-22-23-24-25-26-27-29-30-32-34-36-38-40-42-46(52)44-49(54)50-47(45-51)48(53)43-41-39-37-35-33-31-28-18-16-14-12-10-8-6-4-2/h24-25,46-48,51-53H,3-23,26-45H2,1-2H3,(H,50,54)/b25-24-. The van der Waals surface area contributed by atoms with E-state index in [9.17, 15) is 20.1 Å². The predicted octanol–water partition coefficient (Wildman–Crippen LogP) is 14.4. The molecule has 0 radical (unpaired) electrons. The van der Waals surface area contributed by atoms with Gasteiger partial charge in [0.1, 0.15) is 0 Å². The molecule has 3 unspecified atom stereocenters. The van der Waals surface area contributed by atoms with E-state index in [-0.39, 0.29) is 18.9 Å². The Bertz CT molecular complexity index is 758. The fraction of sp³-hybridized carbons (Fsp3) is 0.939. The number of hydrogen-bond acceptors (Lipinski definition) is 4. The highest BCUT2D eigenvalue weighted by Crippen LogP contribution is 2.17. The van der Waals surface area contributed by atoms with E-state index in [4.69, 9.17) is 0 Å². The van der Waals surface area contributed by atoms with Gasteiger partial charge in [-0.1, -0.05) is 238 Å². The first-order chi connectivity index (χ1) is 26.5. The van der Waals surface area contributed by atoms with E-state index < -0.39 is 18.2 Å². The number of nitrogens with one attached hydrogen (secondary N) is 1. The molecule has 0 heterocycles. The van der Waals surface area contributed by atoms with Crippen LogP contribution in [0.3, 0.4) is 0 Å². The third kappa shape index (κ3) is 40.7. The van der Waals surface area contributed by atoms with Gasteiger partial charge in [0.15, 0.2) is 0 Å². The van der Waals surface area contributed by atoms with Crippen molar-refractivity contribution in [1.82, 2.24) is 5.32 Å². The lowest BCUT2D eigenvalue weighted by atomic mass is 10.0. The first-order valence-corrected chi connectivity index (χ1v) is 24.5. The van der Waals surface area contributed by atoms with Gasteiger partial charge in [0.2, 0.25) is 5.91 Å². The van der Waals surface area contributed by atoms with Crippen LogP contribution in [-0.4, -0.2) is 46.1 Å². The van der Waals surface area contributed by atoms with Gasteiger partial charge >= 0.3 is 0 Å². The van der Waals surface area contributed by atoms with Crippen LogP contribution in [0, 0.1) is 0 Å². The first kappa shape index (κ1) is 53.1. The largest absolute Gasteiger partial charge is 0.394 e. The number of rotatable bonds is 45. The highest BCUT2D eigenvalue weighted by Gasteiger charge is 2.21. The molecule has 0 aromatic carbocycles. The van der Waals surface area contributed by atoms with E-state index in [0.29, 0.717) is 12.8 Å². The van der Waals surface area contributed by atoms with Gasteiger partial charge in [-0.3, -0.25) is 4.79 Å². The van der Waals surface area contributed by atoms with Crippen LogP contribution in [0.2, 0.25) is 0 Å². The molecule has 5 nitrogen and oxygen atoms in total. The Morgan fingerprint density at radius 2 is 0.741 bits per heavy atom. The SMILES string of the molecule is CCCCCCCCCCCCCC/C=C\CCCCCCCCCCC(O)CC(=O)NC(CO)C(O)CCCCCCCCCCCCCCCCC. The number of amides is 1. The fourth-order valence-electron chi connectivity index (χ4n) is 7.81. The van der Waals surface area contributed by atoms with Crippen molar-refractivity contribution in [3.8, 4) is 0 Å². The second kappa shape index (κ2) is 44.8. The van der Waals surface area contributed by atoms with Crippen LogP contribution < -0.4 is 5.32 Å². The molecular formula is C49H97NO4. The van der Waals surface area contributed by atoms with E-state index >= 15 is 0 Å². The van der Waals surface area contributed by atoms with E-state index in [1.165, 1.54) is 212 Å². The first-order valence-electron chi connectivity index (χ1n) is 24.5. The number of aliphatic hydroxyl groups is 3. The zero-order chi connectivity index (χ0) is 39.4. The van der Waals surface area contributed by atoms with Crippen LogP contribution in [0.15, 0.2) is 12.2 Å². The van der Waals surface area contributed by atoms with Crippen molar-refractivity contribution in [2.45, 2.75) is 289 Å². The summed E-state index contributed by atoms with van der Waals surface area (Å²) in [5.41, 5.74) is 0. The Balaban J connectivity index is 3.55. The van der Waals surface area contributed by atoms with Crippen LogP contribution in [0.4, 0.5) is 0 Å². The van der Waals surface area contributed by atoms with E-state index in [1.807, 2.05) is 0 Å². The van der Waals surface area contributed by atoms with Crippen molar-refractivity contribution in [2.24, 2.45) is 0 Å². The Morgan fingerprint density at radius 3 is 1.07 bits per heavy atom.